The number of hydrogen-bond acceptors (Lipinski definition) is 6. The van der Waals surface area contributed by atoms with Crippen molar-refractivity contribution in [3.8, 4) is 11.5 Å². The minimum atomic E-state index is -4.80. The van der Waals surface area contributed by atoms with Crippen molar-refractivity contribution in [1.29, 1.82) is 0 Å². The van der Waals surface area contributed by atoms with E-state index >= 15 is 0 Å². The van der Waals surface area contributed by atoms with Crippen molar-refractivity contribution in [3.05, 3.63) is 23.8 Å². The van der Waals surface area contributed by atoms with Crippen LogP contribution in [0, 0.1) is 0 Å². The molecule has 10 heteroatoms. The molecular weight excluding hydrogens is 371 g/mol. The van der Waals surface area contributed by atoms with Crippen LogP contribution < -0.4 is 9.47 Å². The number of alkyl halides is 3. The molecule has 6 nitrogen and oxygen atoms in total. The molecule has 1 heterocycles. The van der Waals surface area contributed by atoms with Crippen molar-refractivity contribution in [1.82, 2.24) is 9.91 Å². The molecule has 0 radical (unpaired) electrons. The van der Waals surface area contributed by atoms with Gasteiger partial charge in [-0.2, -0.15) is 5.10 Å². The molecular formula is C16H20F3N3O3S. The van der Waals surface area contributed by atoms with Gasteiger partial charge >= 0.3 is 11.6 Å². The zero-order valence-electron chi connectivity index (χ0n) is 14.7. The number of carbonyl (C=O) groups excluding carboxylic acids is 1. The number of methoxy groups -OCH3 is 1. The zero-order valence-corrected chi connectivity index (χ0v) is 15.5. The smallest absolute Gasteiger partial charge is 0.493 e. The van der Waals surface area contributed by atoms with E-state index in [2.05, 4.69) is 9.84 Å². The summed E-state index contributed by atoms with van der Waals surface area (Å²) in [5.41, 5.74) is 1.17. The summed E-state index contributed by atoms with van der Waals surface area (Å²) in [7, 11) is 5.15. The van der Waals surface area contributed by atoms with E-state index in [-0.39, 0.29) is 11.0 Å². The molecule has 1 aliphatic heterocycles. The summed E-state index contributed by atoms with van der Waals surface area (Å²) in [5.74, 6) is -0.138. The summed E-state index contributed by atoms with van der Waals surface area (Å²) < 4.78 is 46.2. The molecule has 0 N–H and O–H groups in total. The minimum absolute atomic E-state index is 0.0522. The van der Waals surface area contributed by atoms with E-state index in [0.29, 0.717) is 23.6 Å². The van der Waals surface area contributed by atoms with Crippen LogP contribution in [-0.2, 0) is 0 Å². The predicted octanol–water partition coefficient (Wildman–Crippen LogP) is 3.42. The van der Waals surface area contributed by atoms with Crippen LogP contribution in [-0.4, -0.2) is 67.3 Å². The van der Waals surface area contributed by atoms with Gasteiger partial charge in [-0.3, -0.25) is 4.79 Å². The van der Waals surface area contributed by atoms with Crippen molar-refractivity contribution < 1.29 is 27.4 Å². The van der Waals surface area contributed by atoms with E-state index in [4.69, 9.17) is 4.74 Å². The van der Waals surface area contributed by atoms with Crippen LogP contribution in [0.15, 0.2) is 23.3 Å². The molecule has 0 atom stereocenters. The SMILES string of the molecule is COc1cc(C2=NN(CCCN(C)C)C(=O)SC2)ccc1OC(F)(F)F. The lowest BCUT2D eigenvalue weighted by molar-refractivity contribution is -0.275. The lowest BCUT2D eigenvalue weighted by Crippen LogP contribution is -2.32. The first-order valence-corrected chi connectivity index (χ1v) is 8.79. The van der Waals surface area contributed by atoms with E-state index in [9.17, 15) is 18.0 Å². The van der Waals surface area contributed by atoms with Crippen LogP contribution >= 0.6 is 11.8 Å². The molecule has 0 fully saturated rings. The number of hydrogen-bond donors (Lipinski definition) is 0. The normalized spacial score (nSPS) is 15.3. The summed E-state index contributed by atoms with van der Waals surface area (Å²) in [6.45, 7) is 1.29. The third-order valence-electron chi connectivity index (χ3n) is 3.48. The molecule has 0 saturated carbocycles. The van der Waals surface area contributed by atoms with Crippen LogP contribution in [0.3, 0.4) is 0 Å². The van der Waals surface area contributed by atoms with E-state index in [1.807, 2.05) is 19.0 Å². The second kappa shape index (κ2) is 8.63. The molecule has 1 amide bonds. The Morgan fingerprint density at radius 1 is 1.31 bits per heavy atom. The lowest BCUT2D eigenvalue weighted by atomic mass is 10.1. The summed E-state index contributed by atoms with van der Waals surface area (Å²) in [4.78, 5) is 14.0. The molecule has 0 bridgehead atoms. The van der Waals surface area contributed by atoms with Crippen LogP contribution in [0.1, 0.15) is 12.0 Å². The molecule has 0 aromatic heterocycles. The fraction of sp³-hybridized carbons (Fsp3) is 0.500. The highest BCUT2D eigenvalue weighted by atomic mass is 32.2. The average molecular weight is 391 g/mol. The van der Waals surface area contributed by atoms with Gasteiger partial charge in [0.1, 0.15) is 0 Å². The number of benzene rings is 1. The first-order valence-electron chi connectivity index (χ1n) is 7.80. The lowest BCUT2D eigenvalue weighted by Gasteiger charge is -2.24. The number of hydrazone groups is 1. The fourth-order valence-corrected chi connectivity index (χ4v) is 3.06. The van der Waals surface area contributed by atoms with Crippen molar-refractivity contribution in [3.63, 3.8) is 0 Å². The predicted molar refractivity (Wildman–Crippen MR) is 93.9 cm³/mol. The van der Waals surface area contributed by atoms with Crippen molar-refractivity contribution in [2.24, 2.45) is 5.10 Å². The highest BCUT2D eigenvalue weighted by Gasteiger charge is 2.32. The third-order valence-corrected chi connectivity index (χ3v) is 4.36. The number of halogens is 3. The Kier molecular flexibility index (Phi) is 6.76. The standard InChI is InChI=1S/C16H20F3N3O3S/c1-21(2)7-4-8-22-15(23)26-10-12(20-22)11-5-6-13(14(9-11)24-3)25-16(17,18)19/h5-6,9H,4,7-8,10H2,1-3H3. The quantitative estimate of drug-likeness (QED) is 0.713. The van der Waals surface area contributed by atoms with Crippen molar-refractivity contribution in [2.45, 2.75) is 12.8 Å². The van der Waals surface area contributed by atoms with Crippen LogP contribution in [0.4, 0.5) is 18.0 Å². The zero-order chi connectivity index (χ0) is 19.3. The van der Waals surface area contributed by atoms with E-state index < -0.39 is 12.1 Å². The Morgan fingerprint density at radius 3 is 2.65 bits per heavy atom. The monoisotopic (exact) mass is 391 g/mol. The van der Waals surface area contributed by atoms with Gasteiger partial charge in [-0.1, -0.05) is 11.8 Å². The molecule has 1 aromatic rings. The summed E-state index contributed by atoms with van der Waals surface area (Å²) >= 11 is 1.11. The van der Waals surface area contributed by atoms with Gasteiger partial charge in [0.25, 0.3) is 0 Å². The fourth-order valence-electron chi connectivity index (χ4n) is 2.30. The number of ether oxygens (including phenoxy) is 2. The van der Waals surface area contributed by atoms with Crippen LogP contribution in [0.2, 0.25) is 0 Å². The van der Waals surface area contributed by atoms with Gasteiger partial charge in [0, 0.05) is 17.9 Å². The van der Waals surface area contributed by atoms with Gasteiger partial charge in [0.05, 0.1) is 12.8 Å². The number of thioether (sulfide) groups is 1. The Morgan fingerprint density at radius 2 is 2.04 bits per heavy atom. The molecule has 1 aromatic carbocycles. The first-order chi connectivity index (χ1) is 12.2. The van der Waals surface area contributed by atoms with Crippen molar-refractivity contribution >= 4 is 22.7 Å². The molecule has 2 rings (SSSR count). The number of nitrogens with zero attached hydrogens (tertiary/aromatic N) is 3. The highest BCUT2D eigenvalue weighted by molar-refractivity contribution is 8.14. The molecule has 1 aliphatic rings. The summed E-state index contributed by atoms with van der Waals surface area (Å²) in [6.07, 6.45) is -4.04. The van der Waals surface area contributed by atoms with Crippen LogP contribution in [0.5, 0.6) is 11.5 Å². The second-order valence-corrected chi connectivity index (χ2v) is 6.72. The maximum atomic E-state index is 12.4. The van der Waals surface area contributed by atoms with Crippen molar-refractivity contribution in [2.75, 3.05) is 40.0 Å². The van der Waals surface area contributed by atoms with E-state index in [0.717, 1.165) is 24.7 Å². The first kappa shape index (κ1) is 20.4. The van der Waals surface area contributed by atoms with Gasteiger partial charge in [-0.15, -0.1) is 13.2 Å². The number of carbonyl (C=O) groups is 1. The molecule has 26 heavy (non-hydrogen) atoms. The topological polar surface area (TPSA) is 54.4 Å². The van der Waals surface area contributed by atoms with Gasteiger partial charge in [0.15, 0.2) is 11.5 Å². The molecule has 144 valence electrons. The highest BCUT2D eigenvalue weighted by Crippen LogP contribution is 2.33. The maximum Gasteiger partial charge on any atom is 0.573 e. The largest absolute Gasteiger partial charge is 0.573 e. The number of amides is 1. The Labute approximate surface area is 153 Å². The van der Waals surface area contributed by atoms with Gasteiger partial charge in [0.2, 0.25) is 0 Å². The summed E-state index contributed by atoms with van der Waals surface area (Å²) in [6, 6.07) is 4.08. The third kappa shape index (κ3) is 5.80. The van der Waals surface area contributed by atoms with E-state index in [1.165, 1.54) is 30.3 Å². The molecule has 0 spiro atoms. The molecule has 0 saturated heterocycles. The molecule has 0 unspecified atom stereocenters. The van der Waals surface area contributed by atoms with Gasteiger partial charge < -0.3 is 14.4 Å². The summed E-state index contributed by atoms with van der Waals surface area (Å²) in [5, 5.41) is 5.60. The van der Waals surface area contributed by atoms with Crippen LogP contribution in [0.25, 0.3) is 0 Å². The maximum absolute atomic E-state index is 12.4. The van der Waals surface area contributed by atoms with E-state index in [1.54, 1.807) is 0 Å². The number of rotatable bonds is 7. The Hall–Kier alpha value is -1.94. The Bertz CT molecular complexity index is 680. The molecule has 0 aliphatic carbocycles. The Balaban J connectivity index is 2.19. The second-order valence-electron chi connectivity index (χ2n) is 5.79. The van der Waals surface area contributed by atoms with Gasteiger partial charge in [-0.05, 0) is 45.3 Å². The minimum Gasteiger partial charge on any atom is -0.493 e. The average Bonchev–Trinajstić information content (AvgIpc) is 2.55. The van der Waals surface area contributed by atoms with Gasteiger partial charge in [-0.25, -0.2) is 5.01 Å².